The summed E-state index contributed by atoms with van der Waals surface area (Å²) in [6.07, 6.45) is 7.09. The molecule has 0 aromatic heterocycles. The van der Waals surface area contributed by atoms with Crippen molar-refractivity contribution in [1.29, 1.82) is 0 Å². The first kappa shape index (κ1) is 25.1. The first-order valence-electron chi connectivity index (χ1n) is 11.2. The van der Waals surface area contributed by atoms with Crippen LogP contribution in [0.25, 0.3) is 0 Å². The van der Waals surface area contributed by atoms with E-state index in [1.165, 1.54) is 4.90 Å². The molecule has 8 heteroatoms. The number of likely N-dealkylation sites (tertiary alicyclic amines) is 1. The van der Waals surface area contributed by atoms with Gasteiger partial charge in [-0.3, -0.25) is 19.5 Å². The van der Waals surface area contributed by atoms with Crippen LogP contribution in [0.3, 0.4) is 0 Å². The monoisotopic (exact) mass is 531 g/mol. The molecule has 0 radical (unpaired) electrons. The number of guanidine groups is 1. The predicted octanol–water partition coefficient (Wildman–Crippen LogP) is 2.09. The van der Waals surface area contributed by atoms with Gasteiger partial charge in [0.15, 0.2) is 5.96 Å². The Kier molecular flexibility index (Phi) is 9.59. The highest BCUT2D eigenvalue weighted by atomic mass is 127. The number of aliphatic imine (C=N–C) groups is 1. The topological polar surface area (TPSA) is 77.0 Å². The summed E-state index contributed by atoms with van der Waals surface area (Å²) in [5.41, 5.74) is 0. The highest BCUT2D eigenvalue weighted by Crippen LogP contribution is 2.52. The molecule has 7 nitrogen and oxygen atoms in total. The van der Waals surface area contributed by atoms with Gasteiger partial charge in [0.05, 0.1) is 11.8 Å². The van der Waals surface area contributed by atoms with Crippen LogP contribution in [-0.4, -0.2) is 73.4 Å². The van der Waals surface area contributed by atoms with E-state index in [1.54, 1.807) is 0 Å². The molecule has 3 aliphatic rings. The molecular weight excluding hydrogens is 493 g/mol. The first-order valence-corrected chi connectivity index (χ1v) is 11.2. The van der Waals surface area contributed by atoms with Gasteiger partial charge in [0.2, 0.25) is 11.8 Å². The van der Waals surface area contributed by atoms with Crippen LogP contribution in [0, 0.1) is 23.7 Å². The van der Waals surface area contributed by atoms with Gasteiger partial charge in [-0.15, -0.1) is 24.0 Å². The highest BCUT2D eigenvalue weighted by Gasteiger charge is 2.58. The number of fused-ring (bicyclic) bond motifs is 5. The van der Waals surface area contributed by atoms with Crippen LogP contribution in [0.4, 0.5) is 0 Å². The summed E-state index contributed by atoms with van der Waals surface area (Å²) in [5, 5.41) is 6.63. The van der Waals surface area contributed by atoms with Crippen LogP contribution >= 0.6 is 24.0 Å². The molecule has 0 spiro atoms. The number of halogens is 1. The first-order chi connectivity index (χ1) is 14.0. The van der Waals surface area contributed by atoms with Crippen molar-refractivity contribution in [2.24, 2.45) is 28.7 Å². The van der Waals surface area contributed by atoms with Crippen molar-refractivity contribution in [3.63, 3.8) is 0 Å². The van der Waals surface area contributed by atoms with Crippen LogP contribution in [0.5, 0.6) is 0 Å². The fraction of sp³-hybridized carbons (Fsp3) is 0.773. The van der Waals surface area contributed by atoms with Gasteiger partial charge < -0.3 is 15.5 Å². The van der Waals surface area contributed by atoms with E-state index in [0.717, 1.165) is 38.4 Å². The van der Waals surface area contributed by atoms with Crippen LogP contribution in [0.15, 0.2) is 17.1 Å². The molecule has 170 valence electrons. The molecule has 1 aliphatic heterocycles. The second-order valence-electron chi connectivity index (χ2n) is 8.61. The molecule has 1 saturated heterocycles. The van der Waals surface area contributed by atoms with Crippen molar-refractivity contribution < 1.29 is 9.59 Å². The third-order valence-electron chi connectivity index (χ3n) is 6.82. The van der Waals surface area contributed by atoms with Gasteiger partial charge in [0, 0.05) is 38.8 Å². The maximum absolute atomic E-state index is 12.7. The minimum absolute atomic E-state index is 0. The number of amides is 2. The van der Waals surface area contributed by atoms with E-state index in [9.17, 15) is 9.59 Å². The van der Waals surface area contributed by atoms with Crippen molar-refractivity contribution in [3.8, 4) is 0 Å². The fourth-order valence-electron chi connectivity index (χ4n) is 4.83. The lowest BCUT2D eigenvalue weighted by Crippen LogP contribution is -2.42. The Labute approximate surface area is 198 Å². The number of nitrogens with zero attached hydrogens (tertiary/aromatic N) is 3. The predicted molar refractivity (Wildman–Crippen MR) is 131 cm³/mol. The minimum atomic E-state index is -0.0949. The Balaban J connectivity index is 0.00000320. The quantitative estimate of drug-likeness (QED) is 0.113. The van der Waals surface area contributed by atoms with Gasteiger partial charge in [-0.25, -0.2) is 0 Å². The van der Waals surface area contributed by atoms with Gasteiger partial charge in [-0.1, -0.05) is 19.1 Å². The highest BCUT2D eigenvalue weighted by molar-refractivity contribution is 14.0. The van der Waals surface area contributed by atoms with Crippen molar-refractivity contribution >= 4 is 41.8 Å². The zero-order valence-electron chi connectivity index (χ0n) is 18.8. The molecule has 5 atom stereocenters. The molecule has 2 bridgehead atoms. The number of allylic oxidation sites excluding steroid dienone is 2. The lowest BCUT2D eigenvalue weighted by atomic mass is 9.85. The van der Waals surface area contributed by atoms with Crippen molar-refractivity contribution in [2.75, 3.05) is 39.8 Å². The van der Waals surface area contributed by atoms with Crippen LogP contribution in [0.2, 0.25) is 0 Å². The summed E-state index contributed by atoms with van der Waals surface area (Å²) in [6, 6.07) is 0.566. The van der Waals surface area contributed by atoms with E-state index in [4.69, 9.17) is 0 Å². The smallest absolute Gasteiger partial charge is 0.233 e. The fourth-order valence-corrected chi connectivity index (χ4v) is 4.83. The van der Waals surface area contributed by atoms with Gasteiger partial charge >= 0.3 is 0 Å². The van der Waals surface area contributed by atoms with Crippen molar-refractivity contribution in [1.82, 2.24) is 20.4 Å². The largest absolute Gasteiger partial charge is 0.357 e. The molecule has 1 saturated carbocycles. The number of hydrogen-bond donors (Lipinski definition) is 2. The third-order valence-corrected chi connectivity index (χ3v) is 6.82. The number of imide groups is 1. The number of carbonyl (C=O) groups is 2. The number of hydrogen-bond acceptors (Lipinski definition) is 4. The maximum Gasteiger partial charge on any atom is 0.233 e. The number of nitrogens with one attached hydrogen (secondary N) is 2. The Morgan fingerprint density at radius 2 is 1.83 bits per heavy atom. The average Bonchev–Trinajstić information content (AvgIpc) is 3.39. The van der Waals surface area contributed by atoms with E-state index in [-0.39, 0.29) is 59.5 Å². The maximum atomic E-state index is 12.7. The zero-order chi connectivity index (χ0) is 21.0. The number of rotatable bonds is 10. The summed E-state index contributed by atoms with van der Waals surface area (Å²) in [4.78, 5) is 33.9. The molecule has 2 amide bonds. The summed E-state index contributed by atoms with van der Waals surface area (Å²) in [7, 11) is 2.14. The third kappa shape index (κ3) is 5.36. The van der Waals surface area contributed by atoms with Crippen LogP contribution in [-0.2, 0) is 9.59 Å². The Morgan fingerprint density at radius 3 is 2.40 bits per heavy atom. The van der Waals surface area contributed by atoms with Crippen molar-refractivity contribution in [3.05, 3.63) is 12.2 Å². The second kappa shape index (κ2) is 11.5. The zero-order valence-corrected chi connectivity index (χ0v) is 21.1. The Morgan fingerprint density at radius 1 is 1.20 bits per heavy atom. The number of likely N-dealkylation sites (N-methyl/N-ethyl adjacent to an activating group) is 1. The minimum Gasteiger partial charge on any atom is -0.357 e. The molecule has 0 aromatic carbocycles. The van der Waals surface area contributed by atoms with E-state index in [2.05, 4.69) is 53.6 Å². The van der Waals surface area contributed by atoms with Crippen LogP contribution in [0.1, 0.15) is 40.0 Å². The normalized spacial score (nSPS) is 28.2. The van der Waals surface area contributed by atoms with E-state index >= 15 is 0 Å². The number of carbonyl (C=O) groups excluding carboxylic acids is 2. The van der Waals surface area contributed by atoms with E-state index in [1.807, 2.05) is 6.92 Å². The standard InChI is InChI=1S/C22H37N5O2.HI/c1-5-15(3)26(4)13-11-25-22(23-6-2)24-10-7-12-27-20(28)18-16-8-9-17(14-16)19(18)21(27)29;/h8-9,15-19H,5-7,10-14H2,1-4H3,(H2,23,24,25);1H. The molecule has 2 aliphatic carbocycles. The summed E-state index contributed by atoms with van der Waals surface area (Å²) in [6.45, 7) is 10.1. The Hall–Kier alpha value is -1.16. The molecule has 2 N–H and O–H groups in total. The van der Waals surface area contributed by atoms with E-state index < -0.39 is 0 Å². The SMILES string of the molecule is CCNC(=NCCCN1C(=O)C2C3C=CC(C3)C2C1=O)NCCN(C)C(C)CC.I. The summed E-state index contributed by atoms with van der Waals surface area (Å²) >= 11 is 0. The average molecular weight is 531 g/mol. The second-order valence-corrected chi connectivity index (χ2v) is 8.61. The molecule has 30 heavy (non-hydrogen) atoms. The molecule has 5 unspecified atom stereocenters. The molecule has 0 aromatic rings. The van der Waals surface area contributed by atoms with E-state index in [0.29, 0.717) is 25.6 Å². The summed E-state index contributed by atoms with van der Waals surface area (Å²) < 4.78 is 0. The lowest BCUT2D eigenvalue weighted by molar-refractivity contribution is -0.140. The van der Waals surface area contributed by atoms with Gasteiger partial charge in [0.25, 0.3) is 0 Å². The molecule has 2 fully saturated rings. The molecule has 1 heterocycles. The summed E-state index contributed by atoms with van der Waals surface area (Å²) in [5.74, 6) is 1.25. The molecule has 3 rings (SSSR count). The van der Waals surface area contributed by atoms with Gasteiger partial charge in [-0.05, 0) is 52.0 Å². The molecular formula is C22H38IN5O2. The van der Waals surface area contributed by atoms with Crippen molar-refractivity contribution in [2.45, 2.75) is 46.1 Å². The van der Waals surface area contributed by atoms with Crippen LogP contribution < -0.4 is 10.6 Å². The van der Waals surface area contributed by atoms with Gasteiger partial charge in [0.1, 0.15) is 0 Å². The van der Waals surface area contributed by atoms with Gasteiger partial charge in [-0.2, -0.15) is 0 Å². The Bertz CT molecular complexity index is 638. The lowest BCUT2D eigenvalue weighted by Gasteiger charge is -2.24.